The Kier molecular flexibility index (Phi) is 6.37. The lowest BCUT2D eigenvalue weighted by Gasteiger charge is -2.20. The number of rotatable bonds is 7. The maximum Gasteiger partial charge on any atom is 0.338 e. The Labute approximate surface area is 164 Å². The molecule has 1 aliphatic rings. The Balaban J connectivity index is 1.52. The number of fused-ring (bicyclic) bond motifs is 1. The molecule has 0 fully saturated rings. The highest BCUT2D eigenvalue weighted by molar-refractivity contribution is 5.95. The molecule has 1 N–H and O–H groups in total. The zero-order chi connectivity index (χ0) is 19.9. The van der Waals surface area contributed by atoms with Crippen molar-refractivity contribution in [2.75, 3.05) is 43.1 Å². The Hall–Kier alpha value is -3.22. The van der Waals surface area contributed by atoms with Crippen LogP contribution >= 0.6 is 0 Å². The van der Waals surface area contributed by atoms with Gasteiger partial charge in [-0.15, -0.1) is 0 Å². The van der Waals surface area contributed by atoms with E-state index < -0.39 is 11.9 Å². The molecule has 0 radical (unpaired) electrons. The van der Waals surface area contributed by atoms with Gasteiger partial charge in [0.25, 0.3) is 5.91 Å². The summed E-state index contributed by atoms with van der Waals surface area (Å²) in [7, 11) is 0. The monoisotopic (exact) mass is 384 g/mol. The van der Waals surface area contributed by atoms with Crippen LogP contribution in [0.4, 0.5) is 11.4 Å². The van der Waals surface area contributed by atoms with E-state index in [9.17, 15) is 9.59 Å². The van der Waals surface area contributed by atoms with Crippen LogP contribution in [0.3, 0.4) is 0 Å². The molecule has 2 aromatic carbocycles. The molecule has 3 rings (SSSR count). The van der Waals surface area contributed by atoms with Crippen molar-refractivity contribution in [3.8, 4) is 11.5 Å². The van der Waals surface area contributed by atoms with E-state index in [1.54, 1.807) is 30.3 Å². The Morgan fingerprint density at radius 2 is 1.68 bits per heavy atom. The molecule has 0 atom stereocenters. The summed E-state index contributed by atoms with van der Waals surface area (Å²) in [4.78, 5) is 26.4. The zero-order valence-corrected chi connectivity index (χ0v) is 16.1. The first kappa shape index (κ1) is 19.5. The molecule has 0 saturated heterocycles. The van der Waals surface area contributed by atoms with Crippen LogP contribution in [0.15, 0.2) is 42.5 Å². The first-order valence-electron chi connectivity index (χ1n) is 9.32. The van der Waals surface area contributed by atoms with Gasteiger partial charge < -0.3 is 24.4 Å². The van der Waals surface area contributed by atoms with Gasteiger partial charge in [-0.25, -0.2) is 4.79 Å². The number of amides is 1. The second-order valence-corrected chi connectivity index (χ2v) is 6.20. The molecule has 7 nitrogen and oxygen atoms in total. The number of ether oxygens (including phenoxy) is 3. The van der Waals surface area contributed by atoms with Gasteiger partial charge in [-0.05, 0) is 50.2 Å². The molecular formula is C21H24N2O5. The molecule has 1 heterocycles. The normalized spacial score (nSPS) is 12.2. The lowest BCUT2D eigenvalue weighted by molar-refractivity contribution is -0.119. The van der Waals surface area contributed by atoms with E-state index in [2.05, 4.69) is 24.1 Å². The van der Waals surface area contributed by atoms with Gasteiger partial charge in [0.1, 0.15) is 13.2 Å². The first-order valence-corrected chi connectivity index (χ1v) is 9.32. The average molecular weight is 384 g/mol. The van der Waals surface area contributed by atoms with E-state index in [4.69, 9.17) is 14.2 Å². The lowest BCUT2D eigenvalue weighted by atomic mass is 10.2. The van der Waals surface area contributed by atoms with Crippen molar-refractivity contribution >= 4 is 23.3 Å². The fraction of sp³-hybridized carbons (Fsp3) is 0.333. The van der Waals surface area contributed by atoms with Crippen LogP contribution < -0.4 is 19.7 Å². The molecule has 28 heavy (non-hydrogen) atoms. The largest absolute Gasteiger partial charge is 0.486 e. The van der Waals surface area contributed by atoms with E-state index in [0.29, 0.717) is 36.0 Å². The second kappa shape index (κ2) is 9.12. The summed E-state index contributed by atoms with van der Waals surface area (Å²) < 4.78 is 16.0. The molecule has 0 saturated carbocycles. The fourth-order valence-corrected chi connectivity index (χ4v) is 2.93. The average Bonchev–Trinajstić information content (AvgIpc) is 2.73. The highest BCUT2D eigenvalue weighted by atomic mass is 16.6. The number of hydrogen-bond acceptors (Lipinski definition) is 6. The highest BCUT2D eigenvalue weighted by Crippen LogP contribution is 2.32. The Morgan fingerprint density at radius 1 is 1.00 bits per heavy atom. The van der Waals surface area contributed by atoms with Gasteiger partial charge in [-0.3, -0.25) is 4.79 Å². The summed E-state index contributed by atoms with van der Waals surface area (Å²) in [5.41, 5.74) is 2.00. The van der Waals surface area contributed by atoms with Crippen molar-refractivity contribution in [3.05, 3.63) is 48.0 Å². The molecule has 148 valence electrons. The van der Waals surface area contributed by atoms with Crippen molar-refractivity contribution in [3.63, 3.8) is 0 Å². The summed E-state index contributed by atoms with van der Waals surface area (Å²) in [6.07, 6.45) is 0. The van der Waals surface area contributed by atoms with Crippen molar-refractivity contribution < 1.29 is 23.8 Å². The van der Waals surface area contributed by atoms with Crippen molar-refractivity contribution in [1.82, 2.24) is 0 Å². The van der Waals surface area contributed by atoms with Gasteiger partial charge in [-0.2, -0.15) is 0 Å². The second-order valence-electron chi connectivity index (χ2n) is 6.20. The van der Waals surface area contributed by atoms with Gasteiger partial charge in [0.05, 0.1) is 5.56 Å². The molecule has 7 heteroatoms. The molecule has 1 amide bonds. The van der Waals surface area contributed by atoms with Crippen LogP contribution in [-0.2, 0) is 9.53 Å². The number of carbonyl (C=O) groups excluding carboxylic acids is 2. The van der Waals surface area contributed by atoms with Crippen LogP contribution in [0.25, 0.3) is 0 Å². The molecule has 2 aromatic rings. The molecule has 0 aromatic heterocycles. The molecule has 0 aliphatic carbocycles. The SMILES string of the molecule is CCN(CC)c1ccc(C(=O)OCC(=O)Nc2ccc3c(c2)OCCO3)cc1. The smallest absolute Gasteiger partial charge is 0.338 e. The quantitative estimate of drug-likeness (QED) is 0.739. The minimum atomic E-state index is -0.538. The predicted molar refractivity (Wildman–Crippen MR) is 106 cm³/mol. The Bertz CT molecular complexity index is 831. The van der Waals surface area contributed by atoms with Crippen LogP contribution in [0.2, 0.25) is 0 Å². The summed E-state index contributed by atoms with van der Waals surface area (Å²) >= 11 is 0. The number of esters is 1. The molecule has 1 aliphatic heterocycles. The molecule has 0 unspecified atom stereocenters. The molecule has 0 spiro atoms. The maximum atomic E-state index is 12.2. The highest BCUT2D eigenvalue weighted by Gasteiger charge is 2.14. The van der Waals surface area contributed by atoms with E-state index in [1.165, 1.54) is 0 Å². The number of hydrogen-bond donors (Lipinski definition) is 1. The summed E-state index contributed by atoms with van der Waals surface area (Å²) in [6.45, 7) is 6.53. The van der Waals surface area contributed by atoms with Crippen molar-refractivity contribution in [2.45, 2.75) is 13.8 Å². The zero-order valence-electron chi connectivity index (χ0n) is 16.1. The minimum absolute atomic E-state index is 0.370. The number of carbonyl (C=O) groups is 2. The van der Waals surface area contributed by atoms with E-state index in [0.717, 1.165) is 18.8 Å². The topological polar surface area (TPSA) is 77.1 Å². The van der Waals surface area contributed by atoms with Crippen molar-refractivity contribution in [2.24, 2.45) is 0 Å². The van der Waals surface area contributed by atoms with Crippen LogP contribution in [0, 0.1) is 0 Å². The van der Waals surface area contributed by atoms with Gasteiger partial charge in [0.15, 0.2) is 18.1 Å². The third kappa shape index (κ3) is 4.73. The lowest BCUT2D eigenvalue weighted by Crippen LogP contribution is -2.22. The third-order valence-electron chi connectivity index (χ3n) is 4.39. The van der Waals surface area contributed by atoms with Gasteiger partial charge in [0.2, 0.25) is 0 Å². The maximum absolute atomic E-state index is 12.2. The predicted octanol–water partition coefficient (Wildman–Crippen LogP) is 3.10. The molecule has 0 bridgehead atoms. The van der Waals surface area contributed by atoms with Gasteiger partial charge in [-0.1, -0.05) is 0 Å². The summed E-state index contributed by atoms with van der Waals surface area (Å²) in [5.74, 6) is 0.256. The van der Waals surface area contributed by atoms with Crippen molar-refractivity contribution in [1.29, 1.82) is 0 Å². The minimum Gasteiger partial charge on any atom is -0.486 e. The van der Waals surface area contributed by atoms with Crippen LogP contribution in [-0.4, -0.2) is 44.8 Å². The summed E-state index contributed by atoms with van der Waals surface area (Å²) in [6, 6.07) is 12.3. The van der Waals surface area contributed by atoms with Crippen LogP contribution in [0.5, 0.6) is 11.5 Å². The van der Waals surface area contributed by atoms with E-state index in [1.807, 2.05) is 12.1 Å². The molecular weight excluding hydrogens is 360 g/mol. The van der Waals surface area contributed by atoms with Crippen LogP contribution in [0.1, 0.15) is 24.2 Å². The Morgan fingerprint density at radius 3 is 2.36 bits per heavy atom. The van der Waals surface area contributed by atoms with E-state index in [-0.39, 0.29) is 6.61 Å². The third-order valence-corrected chi connectivity index (χ3v) is 4.39. The number of nitrogens with zero attached hydrogens (tertiary/aromatic N) is 1. The van der Waals surface area contributed by atoms with E-state index >= 15 is 0 Å². The number of benzene rings is 2. The number of anilines is 2. The summed E-state index contributed by atoms with van der Waals surface area (Å²) in [5, 5.41) is 2.68. The van der Waals surface area contributed by atoms with Gasteiger partial charge in [0, 0.05) is 30.5 Å². The van der Waals surface area contributed by atoms with Gasteiger partial charge >= 0.3 is 5.97 Å². The first-order chi connectivity index (χ1) is 13.6. The standard InChI is InChI=1S/C21H24N2O5/c1-3-23(4-2)17-8-5-15(6-9-17)21(25)28-14-20(24)22-16-7-10-18-19(13-16)27-12-11-26-18/h5-10,13H,3-4,11-12,14H2,1-2H3,(H,22,24). The number of nitrogens with one attached hydrogen (secondary N) is 1. The fourth-order valence-electron chi connectivity index (χ4n) is 2.93.